The second-order valence-electron chi connectivity index (χ2n) is 6.55. The number of hydrogen-bond donors (Lipinski definition) is 0. The summed E-state index contributed by atoms with van der Waals surface area (Å²) in [6.07, 6.45) is 8.79. The molecular weight excluding hydrogens is 192 g/mol. The Kier molecular flexibility index (Phi) is 5.86. The Morgan fingerprint density at radius 3 is 1.94 bits per heavy atom. The fourth-order valence-corrected chi connectivity index (χ4v) is 3.92. The largest absolute Gasteiger partial charge is 0.0654 e. The molecule has 0 nitrogen and oxygen atoms in total. The molecule has 0 amide bonds. The fourth-order valence-electron chi connectivity index (χ4n) is 3.92. The van der Waals surface area contributed by atoms with Gasteiger partial charge in [-0.25, -0.2) is 0 Å². The maximum absolute atomic E-state index is 2.44. The van der Waals surface area contributed by atoms with Crippen LogP contribution in [-0.4, -0.2) is 0 Å². The summed E-state index contributed by atoms with van der Waals surface area (Å²) in [5.74, 6) is 4.78. The van der Waals surface area contributed by atoms with Gasteiger partial charge in [0.15, 0.2) is 0 Å². The van der Waals surface area contributed by atoms with E-state index in [1.807, 2.05) is 0 Å². The summed E-state index contributed by atoms with van der Waals surface area (Å²) in [4.78, 5) is 0. The molecule has 0 aliphatic heterocycles. The lowest BCUT2D eigenvalue weighted by molar-refractivity contribution is 0.0876. The minimum atomic E-state index is 0.879. The van der Waals surface area contributed by atoms with Crippen LogP contribution in [0.15, 0.2) is 0 Å². The van der Waals surface area contributed by atoms with Crippen molar-refractivity contribution in [2.45, 2.75) is 73.1 Å². The summed E-state index contributed by atoms with van der Waals surface area (Å²) in [7, 11) is 0. The molecule has 0 heteroatoms. The Balaban J connectivity index is 2.70. The minimum absolute atomic E-state index is 0.879. The van der Waals surface area contributed by atoms with Gasteiger partial charge in [-0.2, -0.15) is 0 Å². The third-order valence-corrected chi connectivity index (χ3v) is 4.76. The van der Waals surface area contributed by atoms with Crippen LogP contribution in [-0.2, 0) is 0 Å². The normalized spacial score (nSPS) is 28.7. The Morgan fingerprint density at radius 2 is 1.50 bits per heavy atom. The van der Waals surface area contributed by atoms with Crippen molar-refractivity contribution in [2.24, 2.45) is 29.6 Å². The van der Waals surface area contributed by atoms with Gasteiger partial charge in [-0.05, 0) is 42.4 Å². The molecule has 0 aromatic carbocycles. The van der Waals surface area contributed by atoms with Gasteiger partial charge in [-0.3, -0.25) is 0 Å². The monoisotopic (exact) mass is 224 g/mol. The standard InChI is InChI=1S/C16H32/c1-6-9-14(12(2)3)16-11-8-7-10-15(16)13(4)5/h12-16H,6-11H2,1-5H3/t14?,15?,16-/m0/s1. The maximum atomic E-state index is 2.44. The maximum Gasteiger partial charge on any atom is -0.0353 e. The zero-order valence-electron chi connectivity index (χ0n) is 12.1. The molecule has 0 N–H and O–H groups in total. The lowest BCUT2D eigenvalue weighted by Gasteiger charge is -2.41. The van der Waals surface area contributed by atoms with Crippen LogP contribution in [0.2, 0.25) is 0 Å². The van der Waals surface area contributed by atoms with Crippen molar-refractivity contribution in [1.29, 1.82) is 0 Å². The van der Waals surface area contributed by atoms with E-state index in [-0.39, 0.29) is 0 Å². The van der Waals surface area contributed by atoms with E-state index < -0.39 is 0 Å². The molecule has 2 unspecified atom stereocenters. The minimum Gasteiger partial charge on any atom is -0.0654 e. The van der Waals surface area contributed by atoms with Crippen LogP contribution in [0.3, 0.4) is 0 Å². The van der Waals surface area contributed by atoms with Gasteiger partial charge < -0.3 is 0 Å². The molecule has 3 atom stereocenters. The smallest absolute Gasteiger partial charge is 0.0353 e. The van der Waals surface area contributed by atoms with E-state index in [9.17, 15) is 0 Å². The van der Waals surface area contributed by atoms with Crippen molar-refractivity contribution in [3.63, 3.8) is 0 Å². The summed E-state index contributed by atoms with van der Waals surface area (Å²) in [6, 6.07) is 0. The first-order chi connectivity index (χ1) is 7.57. The molecule has 0 heterocycles. The van der Waals surface area contributed by atoms with Crippen LogP contribution in [0.1, 0.15) is 73.1 Å². The zero-order chi connectivity index (χ0) is 12.1. The van der Waals surface area contributed by atoms with Crippen LogP contribution in [0, 0.1) is 29.6 Å². The quantitative estimate of drug-likeness (QED) is 0.576. The molecule has 0 bridgehead atoms. The van der Waals surface area contributed by atoms with Gasteiger partial charge in [0, 0.05) is 0 Å². The van der Waals surface area contributed by atoms with Crippen molar-refractivity contribution >= 4 is 0 Å². The van der Waals surface area contributed by atoms with E-state index in [0.29, 0.717) is 0 Å². The molecule has 1 saturated carbocycles. The van der Waals surface area contributed by atoms with Crippen molar-refractivity contribution in [3.8, 4) is 0 Å². The molecule has 1 rings (SSSR count). The first-order valence-corrected chi connectivity index (χ1v) is 7.57. The zero-order valence-corrected chi connectivity index (χ0v) is 12.1. The molecule has 1 fully saturated rings. The van der Waals surface area contributed by atoms with E-state index in [4.69, 9.17) is 0 Å². The van der Waals surface area contributed by atoms with Gasteiger partial charge >= 0.3 is 0 Å². The van der Waals surface area contributed by atoms with Gasteiger partial charge in [0.25, 0.3) is 0 Å². The Morgan fingerprint density at radius 1 is 0.938 bits per heavy atom. The highest BCUT2D eigenvalue weighted by atomic mass is 14.4. The van der Waals surface area contributed by atoms with Crippen molar-refractivity contribution in [2.75, 3.05) is 0 Å². The van der Waals surface area contributed by atoms with E-state index in [1.54, 1.807) is 0 Å². The lowest BCUT2D eigenvalue weighted by atomic mass is 9.64. The first-order valence-electron chi connectivity index (χ1n) is 7.57. The van der Waals surface area contributed by atoms with E-state index in [1.165, 1.54) is 38.5 Å². The molecule has 1 aliphatic carbocycles. The highest BCUT2D eigenvalue weighted by molar-refractivity contribution is 4.83. The van der Waals surface area contributed by atoms with Gasteiger partial charge in [-0.1, -0.05) is 60.3 Å². The van der Waals surface area contributed by atoms with E-state index in [0.717, 1.165) is 29.6 Å². The highest BCUT2D eigenvalue weighted by Crippen LogP contribution is 2.43. The van der Waals surface area contributed by atoms with E-state index >= 15 is 0 Å². The molecule has 0 radical (unpaired) electrons. The Bertz CT molecular complexity index is 180. The summed E-state index contributed by atoms with van der Waals surface area (Å²) in [6.45, 7) is 12.1. The average molecular weight is 224 g/mol. The topological polar surface area (TPSA) is 0 Å². The van der Waals surface area contributed by atoms with Crippen molar-refractivity contribution in [1.82, 2.24) is 0 Å². The molecule has 0 aromatic heterocycles. The van der Waals surface area contributed by atoms with Gasteiger partial charge in [0.2, 0.25) is 0 Å². The first kappa shape index (κ1) is 14.1. The van der Waals surface area contributed by atoms with Crippen molar-refractivity contribution < 1.29 is 0 Å². The van der Waals surface area contributed by atoms with Crippen LogP contribution in [0.4, 0.5) is 0 Å². The third-order valence-electron chi connectivity index (χ3n) is 4.76. The highest BCUT2D eigenvalue weighted by Gasteiger charge is 2.34. The third kappa shape index (κ3) is 3.50. The predicted octanol–water partition coefficient (Wildman–Crippen LogP) is 5.52. The van der Waals surface area contributed by atoms with Crippen LogP contribution in [0.5, 0.6) is 0 Å². The Hall–Kier alpha value is 0. The molecule has 0 spiro atoms. The summed E-state index contributed by atoms with van der Waals surface area (Å²) >= 11 is 0. The predicted molar refractivity (Wildman–Crippen MR) is 73.5 cm³/mol. The summed E-state index contributed by atoms with van der Waals surface area (Å²) in [5, 5.41) is 0. The molecule has 96 valence electrons. The van der Waals surface area contributed by atoms with Crippen LogP contribution in [0.25, 0.3) is 0 Å². The second kappa shape index (κ2) is 6.67. The summed E-state index contributed by atoms with van der Waals surface area (Å²) in [5.41, 5.74) is 0. The van der Waals surface area contributed by atoms with Gasteiger partial charge in [-0.15, -0.1) is 0 Å². The Labute approximate surface area is 103 Å². The molecule has 1 aliphatic rings. The molecular formula is C16H32. The second-order valence-corrected chi connectivity index (χ2v) is 6.55. The van der Waals surface area contributed by atoms with Crippen LogP contribution >= 0.6 is 0 Å². The molecule has 16 heavy (non-hydrogen) atoms. The number of hydrogen-bond acceptors (Lipinski definition) is 0. The summed E-state index contributed by atoms with van der Waals surface area (Å²) < 4.78 is 0. The fraction of sp³-hybridized carbons (Fsp3) is 1.00. The van der Waals surface area contributed by atoms with Crippen molar-refractivity contribution in [3.05, 3.63) is 0 Å². The van der Waals surface area contributed by atoms with Gasteiger partial charge in [0.1, 0.15) is 0 Å². The lowest BCUT2D eigenvalue weighted by Crippen LogP contribution is -2.32. The SMILES string of the molecule is CCCC(C(C)C)[C@@H]1CCCCC1C(C)C. The van der Waals surface area contributed by atoms with E-state index in [2.05, 4.69) is 34.6 Å². The molecule has 0 saturated heterocycles. The average Bonchev–Trinajstić information content (AvgIpc) is 2.25. The van der Waals surface area contributed by atoms with Gasteiger partial charge in [0.05, 0.1) is 0 Å². The molecule has 0 aromatic rings. The number of rotatable bonds is 5. The van der Waals surface area contributed by atoms with Crippen LogP contribution < -0.4 is 0 Å².